The van der Waals surface area contributed by atoms with Crippen molar-refractivity contribution in [2.24, 2.45) is 0 Å². The monoisotopic (exact) mass is 593 g/mol. The fourth-order valence-corrected chi connectivity index (χ4v) is 5.69. The van der Waals surface area contributed by atoms with E-state index in [0.717, 1.165) is 41.4 Å². The summed E-state index contributed by atoms with van der Waals surface area (Å²) in [5.74, 6) is -1.60. The predicted octanol–water partition coefficient (Wildman–Crippen LogP) is 5.66. The average molecular weight is 595 g/mol. The zero-order chi connectivity index (χ0) is 28.6. The summed E-state index contributed by atoms with van der Waals surface area (Å²) < 4.78 is 41.8. The van der Waals surface area contributed by atoms with Crippen molar-refractivity contribution in [3.05, 3.63) is 94.2 Å². The van der Waals surface area contributed by atoms with Crippen LogP contribution in [0.25, 0.3) is 0 Å². The molecule has 3 rings (SSSR count). The van der Waals surface area contributed by atoms with E-state index in [1.807, 2.05) is 6.92 Å². The van der Waals surface area contributed by atoms with Crippen LogP contribution in [0, 0.1) is 5.82 Å². The fourth-order valence-electron chi connectivity index (χ4n) is 3.81. The molecule has 208 valence electrons. The summed E-state index contributed by atoms with van der Waals surface area (Å²) >= 11 is 12.4. The quantitative estimate of drug-likeness (QED) is 0.274. The Bertz CT molecular complexity index is 1390. The van der Waals surface area contributed by atoms with Gasteiger partial charge in [0.2, 0.25) is 11.8 Å². The standard InChI is InChI=1S/C28H30Cl2FN3O4S/c1-3-4-16-32-28(36)20(2)33(18-21-10-11-22(29)17-26(21)30)27(35)19-34(24-8-6-5-7-9-24)39(37,38)25-14-12-23(31)13-15-25/h5-15,17,20H,3-4,16,18-19H2,1-2H3,(H,32,36). The molecule has 1 N–H and O–H groups in total. The van der Waals surface area contributed by atoms with Gasteiger partial charge < -0.3 is 10.2 Å². The first-order valence-corrected chi connectivity index (χ1v) is 14.6. The largest absolute Gasteiger partial charge is 0.354 e. The third kappa shape index (κ3) is 7.94. The molecule has 0 aliphatic carbocycles. The first-order chi connectivity index (χ1) is 18.5. The highest BCUT2D eigenvalue weighted by Gasteiger charge is 2.32. The Morgan fingerprint density at radius 1 is 1.00 bits per heavy atom. The summed E-state index contributed by atoms with van der Waals surface area (Å²) in [6, 6.07) is 16.3. The van der Waals surface area contributed by atoms with Crippen LogP contribution < -0.4 is 9.62 Å². The smallest absolute Gasteiger partial charge is 0.264 e. The molecule has 0 aliphatic rings. The normalized spacial score (nSPS) is 12.0. The highest BCUT2D eigenvalue weighted by Crippen LogP contribution is 2.26. The van der Waals surface area contributed by atoms with Crippen LogP contribution in [0.5, 0.6) is 0 Å². The van der Waals surface area contributed by atoms with Gasteiger partial charge in [0.25, 0.3) is 10.0 Å². The Kier molecular flexibility index (Phi) is 10.7. The number of carbonyl (C=O) groups excluding carboxylic acids is 2. The third-order valence-electron chi connectivity index (χ3n) is 6.08. The van der Waals surface area contributed by atoms with Crippen LogP contribution in [0.1, 0.15) is 32.3 Å². The number of para-hydroxylation sites is 1. The number of nitrogens with one attached hydrogen (secondary N) is 1. The number of rotatable bonds is 12. The van der Waals surface area contributed by atoms with Gasteiger partial charge in [0.15, 0.2) is 0 Å². The van der Waals surface area contributed by atoms with E-state index in [4.69, 9.17) is 23.2 Å². The summed E-state index contributed by atoms with van der Waals surface area (Å²) in [5.41, 5.74) is 0.773. The van der Waals surface area contributed by atoms with Gasteiger partial charge in [0.1, 0.15) is 18.4 Å². The first kappa shape index (κ1) is 30.4. The zero-order valence-electron chi connectivity index (χ0n) is 21.6. The maximum absolute atomic E-state index is 13.8. The van der Waals surface area contributed by atoms with Gasteiger partial charge in [-0.2, -0.15) is 0 Å². The number of amides is 2. The summed E-state index contributed by atoms with van der Waals surface area (Å²) in [5, 5.41) is 3.53. The van der Waals surface area contributed by atoms with Gasteiger partial charge in [0.05, 0.1) is 10.6 Å². The number of nitrogens with zero attached hydrogens (tertiary/aromatic N) is 2. The van der Waals surface area contributed by atoms with Crippen molar-refractivity contribution in [1.82, 2.24) is 10.2 Å². The van der Waals surface area contributed by atoms with Gasteiger partial charge in [-0.05, 0) is 67.4 Å². The minimum atomic E-state index is -4.27. The molecule has 0 radical (unpaired) electrons. The summed E-state index contributed by atoms with van der Waals surface area (Å²) in [6.45, 7) is 3.34. The molecule has 0 saturated carbocycles. The van der Waals surface area contributed by atoms with Crippen molar-refractivity contribution in [3.63, 3.8) is 0 Å². The van der Waals surface area contributed by atoms with E-state index < -0.39 is 34.3 Å². The number of hydrogen-bond acceptors (Lipinski definition) is 4. The van der Waals surface area contributed by atoms with Gasteiger partial charge in [0, 0.05) is 23.1 Å². The molecule has 39 heavy (non-hydrogen) atoms. The van der Waals surface area contributed by atoms with Gasteiger partial charge in [-0.25, -0.2) is 12.8 Å². The number of sulfonamides is 1. The molecule has 0 fully saturated rings. The van der Waals surface area contributed by atoms with E-state index in [0.29, 0.717) is 22.2 Å². The van der Waals surface area contributed by atoms with E-state index in [9.17, 15) is 22.4 Å². The van der Waals surface area contributed by atoms with Crippen LogP contribution in [0.2, 0.25) is 10.0 Å². The van der Waals surface area contributed by atoms with Crippen molar-refractivity contribution in [2.75, 3.05) is 17.4 Å². The molecule has 7 nitrogen and oxygen atoms in total. The lowest BCUT2D eigenvalue weighted by atomic mass is 10.1. The van der Waals surface area contributed by atoms with Crippen molar-refractivity contribution >= 4 is 50.7 Å². The number of unbranched alkanes of at least 4 members (excludes halogenated alkanes) is 1. The van der Waals surface area contributed by atoms with Crippen LogP contribution in [0.3, 0.4) is 0 Å². The number of benzene rings is 3. The predicted molar refractivity (Wildman–Crippen MR) is 152 cm³/mol. The van der Waals surface area contributed by atoms with E-state index in [-0.39, 0.29) is 23.0 Å². The van der Waals surface area contributed by atoms with Crippen molar-refractivity contribution in [1.29, 1.82) is 0 Å². The van der Waals surface area contributed by atoms with Gasteiger partial charge >= 0.3 is 0 Å². The molecule has 11 heteroatoms. The van der Waals surface area contributed by atoms with Crippen molar-refractivity contribution < 1.29 is 22.4 Å². The number of halogens is 3. The summed E-state index contributed by atoms with van der Waals surface area (Å²) in [6.07, 6.45) is 1.65. The minimum Gasteiger partial charge on any atom is -0.354 e. The maximum atomic E-state index is 13.8. The second-order valence-corrected chi connectivity index (χ2v) is 11.6. The lowest BCUT2D eigenvalue weighted by Gasteiger charge is -2.32. The summed E-state index contributed by atoms with van der Waals surface area (Å²) in [4.78, 5) is 27.9. The fraction of sp³-hybridized carbons (Fsp3) is 0.286. The maximum Gasteiger partial charge on any atom is 0.264 e. The number of hydrogen-bond donors (Lipinski definition) is 1. The summed E-state index contributed by atoms with van der Waals surface area (Å²) in [7, 11) is -4.27. The molecule has 0 bridgehead atoms. The van der Waals surface area contributed by atoms with E-state index >= 15 is 0 Å². The average Bonchev–Trinajstić information content (AvgIpc) is 2.91. The zero-order valence-corrected chi connectivity index (χ0v) is 23.9. The topological polar surface area (TPSA) is 86.8 Å². The molecule has 0 saturated heterocycles. The van der Waals surface area contributed by atoms with Crippen LogP contribution in [0.4, 0.5) is 10.1 Å². The van der Waals surface area contributed by atoms with Crippen molar-refractivity contribution in [3.8, 4) is 0 Å². The van der Waals surface area contributed by atoms with Crippen LogP contribution >= 0.6 is 23.2 Å². The van der Waals surface area contributed by atoms with Crippen LogP contribution in [-0.2, 0) is 26.2 Å². The molecular weight excluding hydrogens is 564 g/mol. The molecule has 1 atom stereocenters. The minimum absolute atomic E-state index is 0.0591. The van der Waals surface area contributed by atoms with Crippen LogP contribution in [-0.4, -0.2) is 44.3 Å². The highest BCUT2D eigenvalue weighted by molar-refractivity contribution is 7.92. The second-order valence-electron chi connectivity index (χ2n) is 8.88. The third-order valence-corrected chi connectivity index (χ3v) is 8.45. The molecule has 3 aromatic carbocycles. The molecule has 1 unspecified atom stereocenters. The Morgan fingerprint density at radius 3 is 2.28 bits per heavy atom. The highest BCUT2D eigenvalue weighted by atomic mass is 35.5. The number of anilines is 1. The Morgan fingerprint density at radius 2 is 1.67 bits per heavy atom. The van der Waals surface area contributed by atoms with Gasteiger partial charge in [-0.3, -0.25) is 13.9 Å². The molecule has 0 heterocycles. The van der Waals surface area contributed by atoms with E-state index in [1.165, 1.54) is 11.0 Å². The number of carbonyl (C=O) groups is 2. The van der Waals surface area contributed by atoms with E-state index in [1.54, 1.807) is 49.4 Å². The van der Waals surface area contributed by atoms with Crippen molar-refractivity contribution in [2.45, 2.75) is 44.2 Å². The first-order valence-electron chi connectivity index (χ1n) is 12.4. The molecule has 2 amide bonds. The molecule has 0 aromatic heterocycles. The Labute approximate surface area is 238 Å². The molecule has 3 aromatic rings. The molecule has 0 spiro atoms. The van der Waals surface area contributed by atoms with Gasteiger partial charge in [-0.1, -0.05) is 60.8 Å². The SMILES string of the molecule is CCCCNC(=O)C(C)N(Cc1ccc(Cl)cc1Cl)C(=O)CN(c1ccccc1)S(=O)(=O)c1ccc(F)cc1. The Balaban J connectivity index is 1.99. The van der Waals surface area contributed by atoms with Gasteiger partial charge in [-0.15, -0.1) is 0 Å². The Hall–Kier alpha value is -3.14. The van der Waals surface area contributed by atoms with Crippen LogP contribution in [0.15, 0.2) is 77.7 Å². The lowest BCUT2D eigenvalue weighted by Crippen LogP contribution is -2.51. The van der Waals surface area contributed by atoms with E-state index in [2.05, 4.69) is 5.32 Å². The second kappa shape index (κ2) is 13.8. The molecular formula is C28H30Cl2FN3O4S. The lowest BCUT2D eigenvalue weighted by molar-refractivity contribution is -0.139. The molecule has 0 aliphatic heterocycles.